The van der Waals surface area contributed by atoms with Gasteiger partial charge in [0.1, 0.15) is 6.61 Å². The SMILES string of the molecule is CCCCC/C=C\C/C=C\C/C=C\CCCCC(=O)OCC(CO)(CO)CO. The number of rotatable bonds is 18. The van der Waals surface area contributed by atoms with Crippen molar-refractivity contribution in [3.8, 4) is 0 Å². The number of hydrogen-bond acceptors (Lipinski definition) is 5. The van der Waals surface area contributed by atoms with Gasteiger partial charge in [-0.25, -0.2) is 0 Å². The highest BCUT2D eigenvalue weighted by atomic mass is 16.5. The first kappa shape index (κ1) is 26.6. The molecule has 3 N–H and O–H groups in total. The Hall–Kier alpha value is -1.43. The Morgan fingerprint density at radius 1 is 0.786 bits per heavy atom. The summed E-state index contributed by atoms with van der Waals surface area (Å²) in [7, 11) is 0. The van der Waals surface area contributed by atoms with Crippen molar-refractivity contribution in [1.82, 2.24) is 0 Å². The van der Waals surface area contributed by atoms with Gasteiger partial charge in [-0.05, 0) is 44.9 Å². The first-order chi connectivity index (χ1) is 13.6. The normalized spacial score (nSPS) is 12.6. The number of carbonyl (C=O) groups is 1. The summed E-state index contributed by atoms with van der Waals surface area (Å²) in [5, 5.41) is 27.5. The van der Waals surface area contributed by atoms with Crippen molar-refractivity contribution < 1.29 is 24.9 Å². The Labute approximate surface area is 170 Å². The quantitative estimate of drug-likeness (QED) is 0.185. The van der Waals surface area contributed by atoms with Gasteiger partial charge in [0.2, 0.25) is 0 Å². The van der Waals surface area contributed by atoms with Crippen molar-refractivity contribution in [1.29, 1.82) is 0 Å². The Morgan fingerprint density at radius 2 is 1.29 bits per heavy atom. The molecular formula is C23H40O5. The molecule has 0 aromatic rings. The third-order valence-electron chi connectivity index (χ3n) is 4.57. The topological polar surface area (TPSA) is 87.0 Å². The molecule has 0 saturated heterocycles. The van der Waals surface area contributed by atoms with Crippen molar-refractivity contribution in [2.24, 2.45) is 5.41 Å². The lowest BCUT2D eigenvalue weighted by molar-refractivity contribution is -0.151. The monoisotopic (exact) mass is 396 g/mol. The van der Waals surface area contributed by atoms with Gasteiger partial charge in [0, 0.05) is 6.42 Å². The van der Waals surface area contributed by atoms with Crippen molar-refractivity contribution in [2.45, 2.75) is 71.1 Å². The second kappa shape index (κ2) is 18.9. The molecule has 5 heteroatoms. The van der Waals surface area contributed by atoms with E-state index in [1.807, 2.05) is 0 Å². The number of ether oxygens (including phenoxy) is 1. The number of carbonyl (C=O) groups excluding carboxylic acids is 1. The van der Waals surface area contributed by atoms with Crippen molar-refractivity contribution >= 4 is 5.97 Å². The van der Waals surface area contributed by atoms with E-state index in [2.05, 4.69) is 43.4 Å². The van der Waals surface area contributed by atoms with Gasteiger partial charge in [-0.15, -0.1) is 0 Å². The van der Waals surface area contributed by atoms with Crippen LogP contribution in [0.2, 0.25) is 0 Å². The van der Waals surface area contributed by atoms with E-state index in [9.17, 15) is 20.1 Å². The highest BCUT2D eigenvalue weighted by Gasteiger charge is 2.29. The number of aliphatic hydroxyl groups excluding tert-OH is 3. The predicted octanol–water partition coefficient (Wildman–Crippen LogP) is 4.08. The molecular weight excluding hydrogens is 356 g/mol. The summed E-state index contributed by atoms with van der Waals surface area (Å²) in [6.07, 6.45) is 22.9. The van der Waals surface area contributed by atoms with E-state index in [1.54, 1.807) is 0 Å². The van der Waals surface area contributed by atoms with Gasteiger partial charge in [0.15, 0.2) is 0 Å². The molecule has 0 atom stereocenters. The minimum atomic E-state index is -1.16. The predicted molar refractivity (Wildman–Crippen MR) is 114 cm³/mol. The van der Waals surface area contributed by atoms with Gasteiger partial charge >= 0.3 is 5.97 Å². The molecule has 28 heavy (non-hydrogen) atoms. The van der Waals surface area contributed by atoms with Crippen LogP contribution in [0.5, 0.6) is 0 Å². The molecule has 0 fully saturated rings. The van der Waals surface area contributed by atoms with Crippen LogP contribution in [0, 0.1) is 5.41 Å². The fourth-order valence-corrected chi connectivity index (χ4v) is 2.41. The lowest BCUT2D eigenvalue weighted by Crippen LogP contribution is -2.39. The number of unbranched alkanes of at least 4 members (excludes halogenated alkanes) is 5. The van der Waals surface area contributed by atoms with Crippen LogP contribution in [0.15, 0.2) is 36.5 Å². The van der Waals surface area contributed by atoms with Crippen molar-refractivity contribution in [3.63, 3.8) is 0 Å². The Morgan fingerprint density at radius 3 is 1.79 bits per heavy atom. The Bertz CT molecular complexity index is 442. The highest BCUT2D eigenvalue weighted by molar-refractivity contribution is 5.69. The maximum Gasteiger partial charge on any atom is 0.305 e. The van der Waals surface area contributed by atoms with Crippen LogP contribution in [0.4, 0.5) is 0 Å². The molecule has 0 aliphatic carbocycles. The van der Waals surface area contributed by atoms with E-state index in [-0.39, 0.29) is 12.6 Å². The van der Waals surface area contributed by atoms with Gasteiger partial charge in [0.25, 0.3) is 0 Å². The summed E-state index contributed by atoms with van der Waals surface area (Å²) in [5.41, 5.74) is -1.16. The molecule has 0 aliphatic rings. The number of esters is 1. The van der Waals surface area contributed by atoms with Crippen LogP contribution in [0.1, 0.15) is 71.1 Å². The molecule has 0 amide bonds. The lowest BCUT2D eigenvalue weighted by atomic mass is 9.93. The minimum Gasteiger partial charge on any atom is -0.465 e. The lowest BCUT2D eigenvalue weighted by Gasteiger charge is -2.26. The first-order valence-corrected chi connectivity index (χ1v) is 10.6. The summed E-state index contributed by atoms with van der Waals surface area (Å²) >= 11 is 0. The fraction of sp³-hybridized carbons (Fsp3) is 0.696. The van der Waals surface area contributed by atoms with E-state index in [1.165, 1.54) is 25.7 Å². The van der Waals surface area contributed by atoms with E-state index in [0.717, 1.165) is 32.1 Å². The summed E-state index contributed by atoms with van der Waals surface area (Å²) in [5.74, 6) is -0.366. The molecule has 0 heterocycles. The minimum absolute atomic E-state index is 0.171. The first-order valence-electron chi connectivity index (χ1n) is 10.6. The van der Waals surface area contributed by atoms with Gasteiger partial charge in [0.05, 0.1) is 25.2 Å². The van der Waals surface area contributed by atoms with Crippen molar-refractivity contribution in [3.05, 3.63) is 36.5 Å². The number of hydrogen-bond donors (Lipinski definition) is 3. The second-order valence-electron chi connectivity index (χ2n) is 7.26. The summed E-state index contributed by atoms with van der Waals surface area (Å²) in [4.78, 5) is 11.7. The van der Waals surface area contributed by atoms with E-state index < -0.39 is 25.2 Å². The largest absolute Gasteiger partial charge is 0.465 e. The third-order valence-corrected chi connectivity index (χ3v) is 4.57. The average Bonchev–Trinajstić information content (AvgIpc) is 2.72. The molecule has 162 valence electrons. The van der Waals surface area contributed by atoms with Gasteiger partial charge in [-0.3, -0.25) is 4.79 Å². The second-order valence-corrected chi connectivity index (χ2v) is 7.26. The zero-order valence-corrected chi connectivity index (χ0v) is 17.5. The molecule has 5 nitrogen and oxygen atoms in total. The average molecular weight is 397 g/mol. The molecule has 0 aliphatic heterocycles. The van der Waals surface area contributed by atoms with Crippen LogP contribution < -0.4 is 0 Å². The molecule has 0 radical (unpaired) electrons. The Kier molecular flexibility index (Phi) is 17.9. The van der Waals surface area contributed by atoms with Crippen LogP contribution in [-0.2, 0) is 9.53 Å². The highest BCUT2D eigenvalue weighted by Crippen LogP contribution is 2.15. The van der Waals surface area contributed by atoms with Crippen molar-refractivity contribution in [2.75, 3.05) is 26.4 Å². The summed E-state index contributed by atoms with van der Waals surface area (Å²) in [6.45, 7) is 0.761. The van der Waals surface area contributed by atoms with Crippen LogP contribution in [-0.4, -0.2) is 47.7 Å². The standard InChI is InChI=1S/C23H40O5/c1-2-3-4-5-6-7-8-9-10-11-12-13-14-15-16-17-22(27)28-21-23(18-24,19-25)20-26/h6-7,9-10,12-13,24-26H,2-5,8,11,14-21H2,1H3/b7-6-,10-9-,13-12-. The van der Waals surface area contributed by atoms with E-state index >= 15 is 0 Å². The summed E-state index contributed by atoms with van der Waals surface area (Å²) < 4.78 is 5.05. The molecule has 0 saturated carbocycles. The fourth-order valence-electron chi connectivity index (χ4n) is 2.41. The van der Waals surface area contributed by atoms with Crippen LogP contribution >= 0.6 is 0 Å². The molecule has 0 spiro atoms. The van der Waals surface area contributed by atoms with Crippen LogP contribution in [0.3, 0.4) is 0 Å². The number of aliphatic hydroxyl groups is 3. The maximum atomic E-state index is 11.7. The van der Waals surface area contributed by atoms with E-state index in [4.69, 9.17) is 4.74 Å². The maximum absolute atomic E-state index is 11.7. The van der Waals surface area contributed by atoms with Gasteiger partial charge in [-0.2, -0.15) is 0 Å². The molecule has 0 aromatic heterocycles. The molecule has 0 aromatic carbocycles. The molecule has 0 unspecified atom stereocenters. The number of allylic oxidation sites excluding steroid dienone is 6. The van der Waals surface area contributed by atoms with Gasteiger partial charge < -0.3 is 20.1 Å². The zero-order chi connectivity index (χ0) is 20.9. The smallest absolute Gasteiger partial charge is 0.305 e. The zero-order valence-electron chi connectivity index (χ0n) is 17.5. The van der Waals surface area contributed by atoms with Crippen LogP contribution in [0.25, 0.3) is 0 Å². The van der Waals surface area contributed by atoms with E-state index in [0.29, 0.717) is 6.42 Å². The molecule has 0 rings (SSSR count). The summed E-state index contributed by atoms with van der Waals surface area (Å²) in [6, 6.07) is 0. The van der Waals surface area contributed by atoms with Gasteiger partial charge in [-0.1, -0.05) is 56.2 Å². The Balaban J connectivity index is 3.64. The molecule has 0 bridgehead atoms. The third kappa shape index (κ3) is 14.6.